The average molecular weight is 326 g/mol. The van der Waals surface area contributed by atoms with Gasteiger partial charge >= 0.3 is 0 Å². The summed E-state index contributed by atoms with van der Waals surface area (Å²) in [6, 6.07) is 2.43. The van der Waals surface area contributed by atoms with Crippen LogP contribution in [0.25, 0.3) is 0 Å². The highest BCUT2D eigenvalue weighted by atomic mass is 79.9. The highest BCUT2D eigenvalue weighted by Gasteiger charge is 2.24. The number of halogens is 1. The molecule has 0 bridgehead atoms. The lowest BCUT2D eigenvalue weighted by molar-refractivity contribution is 0.0579. The minimum absolute atomic E-state index is 0.0811. The van der Waals surface area contributed by atoms with E-state index in [0.29, 0.717) is 11.6 Å². The number of carbonyl (C=O) groups is 1. The summed E-state index contributed by atoms with van der Waals surface area (Å²) in [6.45, 7) is 7.97. The van der Waals surface area contributed by atoms with E-state index in [1.54, 1.807) is 12.4 Å². The van der Waals surface area contributed by atoms with Crippen LogP contribution in [-0.4, -0.2) is 52.9 Å². The topological polar surface area (TPSA) is 36.4 Å². The second-order valence-corrected chi connectivity index (χ2v) is 5.89. The van der Waals surface area contributed by atoms with Crippen LogP contribution in [0.3, 0.4) is 0 Å². The number of hydrogen-bond acceptors (Lipinski definition) is 3. The monoisotopic (exact) mass is 325 g/mol. The molecule has 1 aromatic heterocycles. The van der Waals surface area contributed by atoms with E-state index in [9.17, 15) is 4.79 Å². The van der Waals surface area contributed by atoms with Crippen LogP contribution in [0.4, 0.5) is 0 Å². The van der Waals surface area contributed by atoms with Gasteiger partial charge in [0.1, 0.15) is 0 Å². The molecule has 2 rings (SSSR count). The van der Waals surface area contributed by atoms with E-state index in [0.717, 1.165) is 37.1 Å². The minimum Gasteiger partial charge on any atom is -0.336 e. The Kier molecular flexibility index (Phi) is 4.93. The van der Waals surface area contributed by atoms with E-state index in [1.165, 1.54) is 0 Å². The Labute approximate surface area is 122 Å². The van der Waals surface area contributed by atoms with Gasteiger partial charge in [0.15, 0.2) is 0 Å². The summed E-state index contributed by atoms with van der Waals surface area (Å²) in [5.74, 6) is 0.0811. The Balaban J connectivity index is 1.96. The predicted molar refractivity (Wildman–Crippen MR) is 79.2 cm³/mol. The summed E-state index contributed by atoms with van der Waals surface area (Å²) in [4.78, 5) is 20.8. The molecule has 0 aliphatic carbocycles. The second-order valence-electron chi connectivity index (χ2n) is 4.98. The smallest absolute Gasteiger partial charge is 0.255 e. The van der Waals surface area contributed by atoms with Crippen molar-refractivity contribution in [3.63, 3.8) is 0 Å². The second kappa shape index (κ2) is 6.48. The molecule has 1 aromatic rings. The fourth-order valence-corrected chi connectivity index (χ4v) is 2.70. The quantitative estimate of drug-likeness (QED) is 0.856. The van der Waals surface area contributed by atoms with Crippen molar-refractivity contribution in [1.82, 2.24) is 14.8 Å². The van der Waals surface area contributed by atoms with E-state index < -0.39 is 0 Å². The number of carbonyl (C=O) groups excluding carboxylic acids is 1. The van der Waals surface area contributed by atoms with Crippen molar-refractivity contribution in [2.45, 2.75) is 26.3 Å². The molecular formula is C14H20BrN3O. The lowest BCUT2D eigenvalue weighted by atomic mass is 10.1. The first kappa shape index (κ1) is 14.5. The van der Waals surface area contributed by atoms with Crippen molar-refractivity contribution in [1.29, 1.82) is 0 Å². The molecule has 2 heterocycles. The number of aromatic nitrogens is 1. The maximum atomic E-state index is 12.3. The molecule has 104 valence electrons. The maximum Gasteiger partial charge on any atom is 0.255 e. The lowest BCUT2D eigenvalue weighted by Crippen LogP contribution is -2.51. The molecule has 1 unspecified atom stereocenters. The number of amides is 1. The summed E-state index contributed by atoms with van der Waals surface area (Å²) in [7, 11) is 0. The highest BCUT2D eigenvalue weighted by Crippen LogP contribution is 2.14. The van der Waals surface area contributed by atoms with Crippen molar-refractivity contribution in [2.75, 3.05) is 26.2 Å². The summed E-state index contributed by atoms with van der Waals surface area (Å²) in [6.07, 6.45) is 4.48. The molecule has 1 saturated heterocycles. The molecule has 0 radical (unpaired) electrons. The molecule has 1 fully saturated rings. The molecule has 0 spiro atoms. The van der Waals surface area contributed by atoms with Gasteiger partial charge in [-0.1, -0.05) is 6.92 Å². The maximum absolute atomic E-state index is 12.3. The van der Waals surface area contributed by atoms with Gasteiger partial charge in [0.2, 0.25) is 0 Å². The number of nitrogens with zero attached hydrogens (tertiary/aromatic N) is 3. The van der Waals surface area contributed by atoms with Gasteiger partial charge in [0.05, 0.1) is 5.56 Å². The molecule has 1 atom stereocenters. The average Bonchev–Trinajstić information content (AvgIpc) is 2.46. The third kappa shape index (κ3) is 3.54. The Hall–Kier alpha value is -0.940. The van der Waals surface area contributed by atoms with Crippen LogP contribution in [0.1, 0.15) is 30.6 Å². The fourth-order valence-electron chi connectivity index (χ4n) is 2.34. The highest BCUT2D eigenvalue weighted by molar-refractivity contribution is 9.10. The van der Waals surface area contributed by atoms with Crippen LogP contribution in [0, 0.1) is 0 Å². The molecule has 1 aliphatic heterocycles. The van der Waals surface area contributed by atoms with Crippen molar-refractivity contribution in [2.24, 2.45) is 0 Å². The zero-order valence-electron chi connectivity index (χ0n) is 11.5. The van der Waals surface area contributed by atoms with Crippen molar-refractivity contribution >= 4 is 21.8 Å². The van der Waals surface area contributed by atoms with Crippen LogP contribution in [0.15, 0.2) is 22.9 Å². The molecular weight excluding hydrogens is 306 g/mol. The Morgan fingerprint density at radius 2 is 2.05 bits per heavy atom. The SMILES string of the molecule is CCC(C)N1CCN(C(=O)c2cncc(Br)c2)CC1. The Morgan fingerprint density at radius 3 is 2.63 bits per heavy atom. The molecule has 0 saturated carbocycles. The summed E-state index contributed by atoms with van der Waals surface area (Å²) in [5, 5.41) is 0. The van der Waals surface area contributed by atoms with Crippen molar-refractivity contribution in [3.05, 3.63) is 28.5 Å². The van der Waals surface area contributed by atoms with E-state index in [2.05, 4.69) is 39.7 Å². The van der Waals surface area contributed by atoms with Gasteiger partial charge in [0, 0.05) is 49.1 Å². The summed E-state index contributed by atoms with van der Waals surface area (Å²) in [5.41, 5.74) is 0.659. The van der Waals surface area contributed by atoms with Crippen LogP contribution >= 0.6 is 15.9 Å². The predicted octanol–water partition coefficient (Wildman–Crippen LogP) is 2.40. The normalized spacial score (nSPS) is 18.4. The summed E-state index contributed by atoms with van der Waals surface area (Å²) < 4.78 is 0.844. The molecule has 1 aliphatic rings. The van der Waals surface area contributed by atoms with Crippen LogP contribution in [0.5, 0.6) is 0 Å². The fraction of sp³-hybridized carbons (Fsp3) is 0.571. The van der Waals surface area contributed by atoms with Gasteiger partial charge < -0.3 is 4.90 Å². The van der Waals surface area contributed by atoms with E-state index in [1.807, 2.05) is 11.0 Å². The zero-order chi connectivity index (χ0) is 13.8. The molecule has 1 amide bonds. The van der Waals surface area contributed by atoms with Crippen LogP contribution in [-0.2, 0) is 0 Å². The Bertz CT molecular complexity index is 444. The number of pyridine rings is 1. The first-order chi connectivity index (χ1) is 9.11. The first-order valence-electron chi connectivity index (χ1n) is 6.75. The molecule has 4 nitrogen and oxygen atoms in total. The first-order valence-corrected chi connectivity index (χ1v) is 7.55. The van der Waals surface area contributed by atoms with E-state index in [-0.39, 0.29) is 5.91 Å². The van der Waals surface area contributed by atoms with Crippen molar-refractivity contribution < 1.29 is 4.79 Å². The Morgan fingerprint density at radius 1 is 1.37 bits per heavy atom. The van der Waals surface area contributed by atoms with Gasteiger partial charge in [-0.15, -0.1) is 0 Å². The number of rotatable bonds is 3. The van der Waals surface area contributed by atoms with Gasteiger partial charge in [0.25, 0.3) is 5.91 Å². The van der Waals surface area contributed by atoms with Crippen LogP contribution < -0.4 is 0 Å². The molecule has 0 aromatic carbocycles. The van der Waals surface area contributed by atoms with Gasteiger partial charge in [-0.25, -0.2) is 0 Å². The van der Waals surface area contributed by atoms with Crippen LogP contribution in [0.2, 0.25) is 0 Å². The lowest BCUT2D eigenvalue weighted by Gasteiger charge is -2.37. The number of hydrogen-bond donors (Lipinski definition) is 0. The zero-order valence-corrected chi connectivity index (χ0v) is 13.1. The largest absolute Gasteiger partial charge is 0.336 e. The minimum atomic E-state index is 0.0811. The third-order valence-corrected chi connectivity index (χ3v) is 4.20. The van der Waals surface area contributed by atoms with Gasteiger partial charge in [-0.3, -0.25) is 14.7 Å². The standard InChI is InChI=1S/C14H20BrN3O/c1-3-11(2)17-4-6-18(7-5-17)14(19)12-8-13(15)10-16-9-12/h8-11H,3-7H2,1-2H3. The van der Waals surface area contributed by atoms with Gasteiger partial charge in [-0.2, -0.15) is 0 Å². The number of piperazine rings is 1. The molecule has 19 heavy (non-hydrogen) atoms. The van der Waals surface area contributed by atoms with E-state index in [4.69, 9.17) is 0 Å². The summed E-state index contributed by atoms with van der Waals surface area (Å²) >= 11 is 3.35. The van der Waals surface area contributed by atoms with Gasteiger partial charge in [-0.05, 0) is 35.3 Å². The van der Waals surface area contributed by atoms with E-state index >= 15 is 0 Å². The third-order valence-electron chi connectivity index (χ3n) is 3.77. The van der Waals surface area contributed by atoms with Crippen molar-refractivity contribution in [3.8, 4) is 0 Å². The molecule has 0 N–H and O–H groups in total. The molecule has 5 heteroatoms.